The van der Waals surface area contributed by atoms with Crippen LogP contribution in [-0.2, 0) is 9.53 Å². The normalized spacial score (nSPS) is 12.4. The zero-order chi connectivity index (χ0) is 16.4. The number of esters is 1. The van der Waals surface area contributed by atoms with E-state index in [0.29, 0.717) is 12.5 Å². The molecule has 1 aromatic rings. The van der Waals surface area contributed by atoms with Gasteiger partial charge in [-0.15, -0.1) is 0 Å². The van der Waals surface area contributed by atoms with Gasteiger partial charge in [-0.05, 0) is 30.0 Å². The Kier molecular flexibility index (Phi) is 8.34. The van der Waals surface area contributed by atoms with Gasteiger partial charge in [-0.2, -0.15) is 0 Å². The maximum Gasteiger partial charge on any atom is 0.330 e. The molecule has 3 heteroatoms. The molecule has 0 bridgehead atoms. The smallest absolute Gasteiger partial charge is 0.330 e. The van der Waals surface area contributed by atoms with E-state index in [-0.39, 0.29) is 5.97 Å². The Morgan fingerprint density at radius 2 is 2.00 bits per heavy atom. The lowest BCUT2D eigenvalue weighted by atomic mass is 10.0. The van der Waals surface area contributed by atoms with E-state index in [0.717, 1.165) is 24.1 Å². The number of anilines is 1. The summed E-state index contributed by atoms with van der Waals surface area (Å²) in [5, 5.41) is 0. The summed E-state index contributed by atoms with van der Waals surface area (Å²) in [7, 11) is 3.98. The Hall–Kier alpha value is -1.77. The van der Waals surface area contributed by atoms with Crippen molar-refractivity contribution in [2.75, 3.05) is 25.6 Å². The lowest BCUT2D eigenvalue weighted by Gasteiger charge is -2.15. The van der Waals surface area contributed by atoms with Gasteiger partial charge < -0.3 is 9.64 Å². The molecule has 1 atom stereocenters. The number of hydrogen-bond acceptors (Lipinski definition) is 3. The zero-order valence-corrected chi connectivity index (χ0v) is 14.3. The summed E-state index contributed by atoms with van der Waals surface area (Å²) >= 11 is 0. The summed E-state index contributed by atoms with van der Waals surface area (Å²) in [5.74, 6) is 0.217. The average Bonchev–Trinajstić information content (AvgIpc) is 2.53. The van der Waals surface area contributed by atoms with Crippen molar-refractivity contribution in [1.82, 2.24) is 0 Å². The van der Waals surface area contributed by atoms with Gasteiger partial charge in [-0.25, -0.2) is 4.79 Å². The molecule has 0 amide bonds. The van der Waals surface area contributed by atoms with Gasteiger partial charge in [0.1, 0.15) is 0 Å². The van der Waals surface area contributed by atoms with Crippen LogP contribution in [0.1, 0.15) is 45.1 Å². The molecular weight excluding hydrogens is 274 g/mol. The van der Waals surface area contributed by atoms with Gasteiger partial charge in [-0.3, -0.25) is 0 Å². The van der Waals surface area contributed by atoms with E-state index >= 15 is 0 Å². The fourth-order valence-corrected chi connectivity index (χ4v) is 2.34. The SMILES string of the molecule is CCCCC(CC)COC(=O)/C=C/c1ccccc1N(C)C. The zero-order valence-electron chi connectivity index (χ0n) is 14.3. The third-order valence-electron chi connectivity index (χ3n) is 3.82. The van der Waals surface area contributed by atoms with E-state index < -0.39 is 0 Å². The number of carbonyl (C=O) groups is 1. The second-order valence-corrected chi connectivity index (χ2v) is 5.83. The van der Waals surface area contributed by atoms with E-state index in [4.69, 9.17) is 4.74 Å². The van der Waals surface area contributed by atoms with Crippen LogP contribution in [0.4, 0.5) is 5.69 Å². The van der Waals surface area contributed by atoms with Gasteiger partial charge in [0.05, 0.1) is 6.61 Å². The average molecular weight is 303 g/mol. The number of hydrogen-bond donors (Lipinski definition) is 0. The number of ether oxygens (including phenoxy) is 1. The molecule has 1 rings (SSSR count). The van der Waals surface area contributed by atoms with Crippen molar-refractivity contribution in [3.8, 4) is 0 Å². The quantitative estimate of drug-likeness (QED) is 0.496. The molecule has 0 fully saturated rings. The van der Waals surface area contributed by atoms with Crippen molar-refractivity contribution in [2.24, 2.45) is 5.92 Å². The van der Waals surface area contributed by atoms with Crippen LogP contribution in [0.15, 0.2) is 30.3 Å². The molecule has 0 saturated carbocycles. The first-order valence-electron chi connectivity index (χ1n) is 8.19. The maximum absolute atomic E-state index is 11.9. The van der Waals surface area contributed by atoms with Gasteiger partial charge in [-0.1, -0.05) is 51.3 Å². The molecule has 0 spiro atoms. The lowest BCUT2D eigenvalue weighted by Crippen LogP contribution is -2.12. The summed E-state index contributed by atoms with van der Waals surface area (Å²) in [4.78, 5) is 13.9. The summed E-state index contributed by atoms with van der Waals surface area (Å²) in [6, 6.07) is 7.98. The van der Waals surface area contributed by atoms with E-state index in [1.54, 1.807) is 0 Å². The van der Waals surface area contributed by atoms with Crippen LogP contribution in [-0.4, -0.2) is 26.7 Å². The van der Waals surface area contributed by atoms with Gasteiger partial charge in [0.25, 0.3) is 0 Å². The van der Waals surface area contributed by atoms with Gasteiger partial charge in [0.15, 0.2) is 0 Å². The summed E-state index contributed by atoms with van der Waals surface area (Å²) < 4.78 is 5.37. The molecule has 1 unspecified atom stereocenters. The molecule has 0 heterocycles. The third kappa shape index (κ3) is 6.33. The highest BCUT2D eigenvalue weighted by Crippen LogP contribution is 2.19. The summed E-state index contributed by atoms with van der Waals surface area (Å²) in [6.07, 6.45) is 7.92. The van der Waals surface area contributed by atoms with Crippen molar-refractivity contribution < 1.29 is 9.53 Å². The van der Waals surface area contributed by atoms with Crippen LogP contribution >= 0.6 is 0 Å². The monoisotopic (exact) mass is 303 g/mol. The second-order valence-electron chi connectivity index (χ2n) is 5.83. The lowest BCUT2D eigenvalue weighted by molar-refractivity contribution is -0.139. The number of benzene rings is 1. The minimum Gasteiger partial charge on any atom is -0.462 e. The Bertz CT molecular complexity index is 480. The number of para-hydroxylation sites is 1. The van der Waals surface area contributed by atoms with E-state index in [1.807, 2.05) is 49.3 Å². The van der Waals surface area contributed by atoms with Crippen LogP contribution in [0.2, 0.25) is 0 Å². The molecule has 0 radical (unpaired) electrons. The molecule has 22 heavy (non-hydrogen) atoms. The standard InChI is InChI=1S/C19H29NO2/c1-5-7-10-16(6-2)15-22-19(21)14-13-17-11-8-9-12-18(17)20(3)4/h8-9,11-14,16H,5-7,10,15H2,1-4H3/b14-13+. The fraction of sp³-hybridized carbons (Fsp3) is 0.526. The number of nitrogens with zero attached hydrogens (tertiary/aromatic N) is 1. The molecule has 122 valence electrons. The van der Waals surface area contributed by atoms with Crippen molar-refractivity contribution in [3.63, 3.8) is 0 Å². The summed E-state index contributed by atoms with van der Waals surface area (Å²) in [6.45, 7) is 4.86. The molecule has 0 aliphatic rings. The molecule has 0 aromatic heterocycles. The van der Waals surface area contributed by atoms with E-state index in [9.17, 15) is 4.79 Å². The molecule has 3 nitrogen and oxygen atoms in total. The van der Waals surface area contributed by atoms with Crippen molar-refractivity contribution in [2.45, 2.75) is 39.5 Å². The fourth-order valence-electron chi connectivity index (χ4n) is 2.34. The number of unbranched alkanes of at least 4 members (excludes halogenated alkanes) is 1. The Balaban J connectivity index is 2.54. The molecule has 0 aliphatic carbocycles. The van der Waals surface area contributed by atoms with Crippen molar-refractivity contribution in [1.29, 1.82) is 0 Å². The topological polar surface area (TPSA) is 29.5 Å². The van der Waals surface area contributed by atoms with Crippen LogP contribution < -0.4 is 4.90 Å². The number of carbonyl (C=O) groups excluding carboxylic acids is 1. The second kappa shape index (κ2) is 10.0. The van der Waals surface area contributed by atoms with Crippen LogP contribution in [0.25, 0.3) is 6.08 Å². The molecule has 0 N–H and O–H groups in total. The maximum atomic E-state index is 11.9. The largest absolute Gasteiger partial charge is 0.462 e. The molecule has 0 saturated heterocycles. The first kappa shape index (κ1) is 18.3. The van der Waals surface area contributed by atoms with Gasteiger partial charge in [0, 0.05) is 25.9 Å². The highest BCUT2D eigenvalue weighted by Gasteiger charge is 2.08. The highest BCUT2D eigenvalue weighted by atomic mass is 16.5. The molecular formula is C19H29NO2. The van der Waals surface area contributed by atoms with Gasteiger partial charge >= 0.3 is 5.97 Å². The van der Waals surface area contributed by atoms with Crippen molar-refractivity contribution in [3.05, 3.63) is 35.9 Å². The van der Waals surface area contributed by atoms with Crippen LogP contribution in [0.5, 0.6) is 0 Å². The van der Waals surface area contributed by atoms with E-state index in [2.05, 4.69) is 13.8 Å². The first-order chi connectivity index (χ1) is 10.6. The minimum absolute atomic E-state index is 0.261. The predicted octanol–water partition coefficient (Wildman–Crippen LogP) is 4.53. The summed E-state index contributed by atoms with van der Waals surface area (Å²) in [5.41, 5.74) is 2.10. The van der Waals surface area contributed by atoms with Crippen molar-refractivity contribution >= 4 is 17.7 Å². The van der Waals surface area contributed by atoms with E-state index in [1.165, 1.54) is 18.9 Å². The highest BCUT2D eigenvalue weighted by molar-refractivity contribution is 5.88. The minimum atomic E-state index is -0.261. The van der Waals surface area contributed by atoms with Gasteiger partial charge in [0.2, 0.25) is 0 Å². The van der Waals surface area contributed by atoms with Crippen LogP contribution in [0, 0.1) is 5.92 Å². The van der Waals surface area contributed by atoms with Crippen LogP contribution in [0.3, 0.4) is 0 Å². The predicted molar refractivity (Wildman–Crippen MR) is 94.1 cm³/mol. The first-order valence-corrected chi connectivity index (χ1v) is 8.19. The molecule has 1 aromatic carbocycles. The Morgan fingerprint density at radius 1 is 1.27 bits per heavy atom. The molecule has 0 aliphatic heterocycles. The number of rotatable bonds is 9. The third-order valence-corrected chi connectivity index (χ3v) is 3.82. The Morgan fingerprint density at radius 3 is 2.64 bits per heavy atom. The Labute approximate surface area is 135 Å².